The van der Waals surface area contributed by atoms with Gasteiger partial charge in [-0.3, -0.25) is 4.90 Å². The first-order valence-corrected chi connectivity index (χ1v) is 9.35. The molecule has 1 aromatic rings. The molecule has 0 unspecified atom stereocenters. The van der Waals surface area contributed by atoms with Crippen molar-refractivity contribution in [2.45, 2.75) is 45.3 Å². The average Bonchev–Trinajstić information content (AvgIpc) is 2.59. The second-order valence-corrected chi connectivity index (χ2v) is 7.69. The number of rotatable bonds is 6. The minimum absolute atomic E-state index is 0.0420. The van der Waals surface area contributed by atoms with Crippen LogP contribution in [0.3, 0.4) is 0 Å². The van der Waals surface area contributed by atoms with Crippen LogP contribution < -0.4 is 9.47 Å². The molecule has 0 aromatic heterocycles. The molecule has 0 saturated carbocycles. The Bertz CT molecular complexity index is 593. The predicted octanol–water partition coefficient (Wildman–Crippen LogP) is 3.37. The highest BCUT2D eigenvalue weighted by Crippen LogP contribution is 2.43. The molecule has 4 nitrogen and oxygen atoms in total. The van der Waals surface area contributed by atoms with Gasteiger partial charge < -0.3 is 14.6 Å². The zero-order valence-electron chi connectivity index (χ0n) is 15.5. The standard InChI is InChI=1S/C20H30FNO3/c1-13(2)8-15-12-22-6-4-14-9-20(25-7-5-21)19(24-3)10-16(14)17(22)11-18(15)23/h9-10,13,15,17-18,23H,4-8,11-12H2,1-3H3/t15-,17-,18-/m1/s1. The quantitative estimate of drug-likeness (QED) is 0.853. The largest absolute Gasteiger partial charge is 0.493 e. The van der Waals surface area contributed by atoms with Crippen LogP contribution in [0.1, 0.15) is 43.9 Å². The fourth-order valence-corrected chi connectivity index (χ4v) is 4.36. The SMILES string of the molecule is COc1cc2c(cc1OCCF)CCN1C[C@@H](CC(C)C)[C@H](O)C[C@H]21. The van der Waals surface area contributed by atoms with Crippen LogP contribution >= 0.6 is 0 Å². The van der Waals surface area contributed by atoms with Gasteiger partial charge in [0.1, 0.15) is 13.3 Å². The molecule has 25 heavy (non-hydrogen) atoms. The summed E-state index contributed by atoms with van der Waals surface area (Å²) >= 11 is 0. The Labute approximate surface area is 149 Å². The van der Waals surface area contributed by atoms with Crippen LogP contribution in [0.4, 0.5) is 4.39 Å². The number of alkyl halides is 1. The molecule has 1 fully saturated rings. The van der Waals surface area contributed by atoms with Gasteiger partial charge in [-0.15, -0.1) is 0 Å². The van der Waals surface area contributed by atoms with Gasteiger partial charge in [0, 0.05) is 19.1 Å². The monoisotopic (exact) mass is 351 g/mol. The molecule has 140 valence electrons. The van der Waals surface area contributed by atoms with Gasteiger partial charge in [0.2, 0.25) is 0 Å². The number of hydrogen-bond donors (Lipinski definition) is 1. The molecule has 0 radical (unpaired) electrons. The summed E-state index contributed by atoms with van der Waals surface area (Å²) < 4.78 is 23.4. The van der Waals surface area contributed by atoms with Crippen molar-refractivity contribution in [3.05, 3.63) is 23.3 Å². The summed E-state index contributed by atoms with van der Waals surface area (Å²) in [5.41, 5.74) is 2.45. The first-order valence-electron chi connectivity index (χ1n) is 9.35. The summed E-state index contributed by atoms with van der Waals surface area (Å²) in [4.78, 5) is 2.50. The number of aliphatic hydroxyl groups is 1. The van der Waals surface area contributed by atoms with Gasteiger partial charge in [-0.2, -0.15) is 0 Å². The van der Waals surface area contributed by atoms with Gasteiger partial charge in [0.15, 0.2) is 11.5 Å². The van der Waals surface area contributed by atoms with Crippen LogP contribution in [0.15, 0.2) is 12.1 Å². The number of halogens is 1. The van der Waals surface area contributed by atoms with Crippen molar-refractivity contribution in [2.24, 2.45) is 11.8 Å². The Morgan fingerprint density at radius 2 is 2.12 bits per heavy atom. The highest BCUT2D eigenvalue weighted by atomic mass is 19.1. The van der Waals surface area contributed by atoms with Crippen LogP contribution in [0.2, 0.25) is 0 Å². The Kier molecular flexibility index (Phi) is 5.85. The van der Waals surface area contributed by atoms with Gasteiger partial charge in [-0.25, -0.2) is 4.39 Å². The lowest BCUT2D eigenvalue weighted by molar-refractivity contribution is -0.0191. The molecule has 2 aliphatic rings. The van der Waals surface area contributed by atoms with Crippen LogP contribution in [-0.4, -0.2) is 49.6 Å². The zero-order chi connectivity index (χ0) is 18.0. The van der Waals surface area contributed by atoms with Crippen LogP contribution in [0.5, 0.6) is 11.5 Å². The Balaban J connectivity index is 1.84. The van der Waals surface area contributed by atoms with Crippen LogP contribution in [0, 0.1) is 11.8 Å². The summed E-state index contributed by atoms with van der Waals surface area (Å²) in [6.45, 7) is 5.91. The normalized spacial score (nSPS) is 26.2. The summed E-state index contributed by atoms with van der Waals surface area (Å²) in [7, 11) is 1.61. The minimum Gasteiger partial charge on any atom is -0.493 e. The van der Waals surface area contributed by atoms with E-state index in [0.29, 0.717) is 23.3 Å². The average molecular weight is 351 g/mol. The number of piperidine rings is 1. The van der Waals surface area contributed by atoms with Gasteiger partial charge in [-0.1, -0.05) is 13.8 Å². The molecular weight excluding hydrogens is 321 g/mol. The molecular formula is C20H30FNO3. The molecule has 3 rings (SSSR count). The van der Waals surface area contributed by atoms with E-state index in [1.807, 2.05) is 12.1 Å². The van der Waals surface area contributed by atoms with Crippen molar-refractivity contribution < 1.29 is 19.0 Å². The summed E-state index contributed by atoms with van der Waals surface area (Å²) in [5, 5.41) is 10.7. The maximum absolute atomic E-state index is 12.4. The third-order valence-electron chi connectivity index (χ3n) is 5.48. The third kappa shape index (κ3) is 3.93. The molecule has 3 atom stereocenters. The van der Waals surface area contributed by atoms with Gasteiger partial charge in [-0.05, 0) is 54.4 Å². The fraction of sp³-hybridized carbons (Fsp3) is 0.700. The zero-order valence-corrected chi connectivity index (χ0v) is 15.5. The first kappa shape index (κ1) is 18.5. The first-order chi connectivity index (χ1) is 12.0. The maximum atomic E-state index is 12.4. The lowest BCUT2D eigenvalue weighted by atomic mass is 9.79. The summed E-state index contributed by atoms with van der Waals surface area (Å²) in [6, 6.07) is 4.24. The highest BCUT2D eigenvalue weighted by Gasteiger charge is 2.38. The summed E-state index contributed by atoms with van der Waals surface area (Å²) in [6.07, 6.45) is 2.52. The second kappa shape index (κ2) is 7.92. The molecule has 1 aromatic carbocycles. The number of benzene rings is 1. The molecule has 2 aliphatic heterocycles. The van der Waals surface area contributed by atoms with E-state index in [0.717, 1.165) is 32.4 Å². The fourth-order valence-electron chi connectivity index (χ4n) is 4.36. The molecule has 1 N–H and O–H groups in total. The van der Waals surface area contributed by atoms with Crippen molar-refractivity contribution in [3.63, 3.8) is 0 Å². The Hall–Kier alpha value is -1.33. The number of nitrogens with zero attached hydrogens (tertiary/aromatic N) is 1. The van der Waals surface area contributed by atoms with E-state index >= 15 is 0 Å². The van der Waals surface area contributed by atoms with E-state index in [1.54, 1.807) is 7.11 Å². The van der Waals surface area contributed by atoms with E-state index in [9.17, 15) is 9.50 Å². The highest BCUT2D eigenvalue weighted by molar-refractivity contribution is 5.49. The van der Waals surface area contributed by atoms with E-state index in [2.05, 4.69) is 18.7 Å². The number of aliphatic hydroxyl groups excluding tert-OH is 1. The molecule has 1 saturated heterocycles. The van der Waals surface area contributed by atoms with E-state index in [1.165, 1.54) is 11.1 Å². The van der Waals surface area contributed by atoms with E-state index < -0.39 is 6.67 Å². The van der Waals surface area contributed by atoms with Crippen molar-refractivity contribution in [1.29, 1.82) is 0 Å². The number of ether oxygens (including phenoxy) is 2. The van der Waals surface area contributed by atoms with Gasteiger partial charge >= 0.3 is 0 Å². The molecule has 0 amide bonds. The second-order valence-electron chi connectivity index (χ2n) is 7.69. The summed E-state index contributed by atoms with van der Waals surface area (Å²) in [5.74, 6) is 2.21. The molecule has 2 heterocycles. The lowest BCUT2D eigenvalue weighted by Gasteiger charge is -2.46. The van der Waals surface area contributed by atoms with Crippen molar-refractivity contribution >= 4 is 0 Å². The molecule has 0 bridgehead atoms. The number of hydrogen-bond acceptors (Lipinski definition) is 4. The Morgan fingerprint density at radius 3 is 2.80 bits per heavy atom. The van der Waals surface area contributed by atoms with E-state index in [4.69, 9.17) is 9.47 Å². The minimum atomic E-state index is -0.514. The van der Waals surface area contributed by atoms with E-state index in [-0.39, 0.29) is 18.8 Å². The Morgan fingerprint density at radius 1 is 1.32 bits per heavy atom. The van der Waals surface area contributed by atoms with Gasteiger partial charge in [0.25, 0.3) is 0 Å². The van der Waals surface area contributed by atoms with Crippen molar-refractivity contribution in [3.8, 4) is 11.5 Å². The number of fused-ring (bicyclic) bond motifs is 3. The van der Waals surface area contributed by atoms with Gasteiger partial charge in [0.05, 0.1) is 13.2 Å². The topological polar surface area (TPSA) is 41.9 Å². The smallest absolute Gasteiger partial charge is 0.161 e. The van der Waals surface area contributed by atoms with Crippen LogP contribution in [0.25, 0.3) is 0 Å². The van der Waals surface area contributed by atoms with Crippen LogP contribution in [-0.2, 0) is 6.42 Å². The lowest BCUT2D eigenvalue weighted by Crippen LogP contribution is -2.48. The molecule has 0 aliphatic carbocycles. The third-order valence-corrected chi connectivity index (χ3v) is 5.48. The van der Waals surface area contributed by atoms with Crippen molar-refractivity contribution in [1.82, 2.24) is 4.90 Å². The predicted molar refractivity (Wildman–Crippen MR) is 96.1 cm³/mol. The number of methoxy groups -OCH3 is 1. The molecule has 0 spiro atoms. The maximum Gasteiger partial charge on any atom is 0.161 e. The molecule has 5 heteroatoms. The van der Waals surface area contributed by atoms with Crippen molar-refractivity contribution in [2.75, 3.05) is 33.5 Å².